The molecule has 9 nitrogen and oxygen atoms in total. The summed E-state index contributed by atoms with van der Waals surface area (Å²) in [5.41, 5.74) is 1.27. The molecule has 0 aliphatic carbocycles. The summed E-state index contributed by atoms with van der Waals surface area (Å²) in [5, 5.41) is 2.82. The van der Waals surface area contributed by atoms with Gasteiger partial charge in [-0.25, -0.2) is 12.7 Å². The van der Waals surface area contributed by atoms with Crippen LogP contribution in [0.25, 0.3) is 0 Å². The minimum atomic E-state index is -3.67. The number of carbonyl (C=O) groups excluding carboxylic acids is 2. The molecular formula is C21H32N4O5S. The average Bonchev–Trinajstić information content (AvgIpc) is 2.76. The summed E-state index contributed by atoms with van der Waals surface area (Å²) < 4.78 is 31.7. The second-order valence-electron chi connectivity index (χ2n) is 7.97. The molecule has 1 N–H and O–H groups in total. The quantitative estimate of drug-likeness (QED) is 0.565. The molecule has 3 rings (SSSR count). The number of piperidine rings is 1. The lowest BCUT2D eigenvalue weighted by Crippen LogP contribution is -2.57. The molecule has 10 heteroatoms. The van der Waals surface area contributed by atoms with Crippen molar-refractivity contribution in [3.63, 3.8) is 0 Å². The normalized spacial score (nSPS) is 18.7. The van der Waals surface area contributed by atoms with E-state index >= 15 is 0 Å². The molecular weight excluding hydrogens is 420 g/mol. The first-order valence-corrected chi connectivity index (χ1v) is 12.2. The van der Waals surface area contributed by atoms with Gasteiger partial charge in [0, 0.05) is 40.4 Å². The van der Waals surface area contributed by atoms with E-state index in [2.05, 4.69) is 5.32 Å². The highest BCUT2D eigenvalue weighted by Gasteiger charge is 2.40. The molecule has 0 aromatic heterocycles. The van der Waals surface area contributed by atoms with Gasteiger partial charge in [-0.1, -0.05) is 0 Å². The molecule has 0 spiro atoms. The summed E-state index contributed by atoms with van der Waals surface area (Å²) in [6.07, 6.45) is 3.34. The minimum Gasteiger partial charge on any atom is -0.382 e. The zero-order valence-electron chi connectivity index (χ0n) is 18.5. The molecule has 1 fully saturated rings. The molecule has 31 heavy (non-hydrogen) atoms. The first-order valence-electron chi connectivity index (χ1n) is 10.8. The Morgan fingerprint density at radius 3 is 2.74 bits per heavy atom. The van der Waals surface area contributed by atoms with Crippen LogP contribution in [0.1, 0.15) is 32.6 Å². The van der Waals surface area contributed by atoms with Gasteiger partial charge in [-0.05, 0) is 50.8 Å². The third-order valence-electron chi connectivity index (χ3n) is 5.67. The van der Waals surface area contributed by atoms with E-state index in [1.807, 2.05) is 11.8 Å². The minimum absolute atomic E-state index is 0.0987. The molecule has 1 aromatic carbocycles. The van der Waals surface area contributed by atoms with Crippen LogP contribution in [-0.4, -0.2) is 77.5 Å². The zero-order chi connectivity index (χ0) is 22.6. The van der Waals surface area contributed by atoms with Crippen molar-refractivity contribution in [1.82, 2.24) is 9.62 Å². The summed E-state index contributed by atoms with van der Waals surface area (Å²) in [6.45, 7) is 4.15. The number of carbonyl (C=O) groups is 2. The summed E-state index contributed by atoms with van der Waals surface area (Å²) in [4.78, 5) is 29.4. The smallest absolute Gasteiger partial charge is 0.250 e. The maximum atomic E-state index is 13.3. The second kappa shape index (κ2) is 9.97. The molecule has 2 heterocycles. The van der Waals surface area contributed by atoms with Crippen molar-refractivity contribution in [3.8, 4) is 0 Å². The zero-order valence-corrected chi connectivity index (χ0v) is 19.3. The van der Waals surface area contributed by atoms with Crippen LogP contribution < -0.4 is 15.1 Å². The number of benzene rings is 1. The Hall–Kier alpha value is -2.17. The number of nitrogens with one attached hydrogen (secondary N) is 1. The van der Waals surface area contributed by atoms with Gasteiger partial charge < -0.3 is 15.0 Å². The third-order valence-corrected chi connectivity index (χ3v) is 7.48. The van der Waals surface area contributed by atoms with Gasteiger partial charge in [-0.3, -0.25) is 14.5 Å². The number of nitrogens with zero attached hydrogens (tertiary/aromatic N) is 3. The average molecular weight is 453 g/mol. The summed E-state index contributed by atoms with van der Waals surface area (Å²) in [6, 6.07) is 4.52. The Labute approximate surface area is 184 Å². The van der Waals surface area contributed by atoms with Gasteiger partial charge in [0.05, 0.1) is 16.3 Å². The number of hydrogen-bond acceptors (Lipinski definition) is 6. The van der Waals surface area contributed by atoms with Crippen LogP contribution in [0.3, 0.4) is 0 Å². The molecule has 1 atom stereocenters. The standard InChI is InChI=1S/C21H32N4O5S/c1-4-30-13-7-11-22-20(26)15-25-19-14-16(31(28,29)23(2)3)9-10-17(19)24-12-6-5-8-18(24)21(25)27/h9-10,14,18H,4-8,11-13,15H2,1-3H3,(H,22,26)/t18-/m1/s1. The van der Waals surface area contributed by atoms with Crippen molar-refractivity contribution in [3.05, 3.63) is 18.2 Å². The maximum absolute atomic E-state index is 13.3. The number of amides is 2. The maximum Gasteiger partial charge on any atom is 0.250 e. The van der Waals surface area contributed by atoms with E-state index in [1.54, 1.807) is 12.1 Å². The summed E-state index contributed by atoms with van der Waals surface area (Å²) in [5.74, 6) is -0.433. The fourth-order valence-corrected chi connectivity index (χ4v) is 4.94. The van der Waals surface area contributed by atoms with E-state index in [9.17, 15) is 18.0 Å². The van der Waals surface area contributed by atoms with E-state index in [4.69, 9.17) is 4.74 Å². The molecule has 2 aliphatic rings. The van der Waals surface area contributed by atoms with Crippen molar-refractivity contribution in [2.45, 2.75) is 43.5 Å². The lowest BCUT2D eigenvalue weighted by molar-refractivity contribution is -0.125. The SMILES string of the molecule is CCOCCCNC(=O)CN1C(=O)[C@H]2CCCCN2c2ccc(S(=O)(=O)N(C)C)cc21. The Kier molecular flexibility index (Phi) is 7.55. The van der Waals surface area contributed by atoms with E-state index in [0.717, 1.165) is 35.8 Å². The molecule has 0 saturated carbocycles. The van der Waals surface area contributed by atoms with Crippen molar-refractivity contribution >= 4 is 33.2 Å². The van der Waals surface area contributed by atoms with Gasteiger partial charge in [-0.2, -0.15) is 0 Å². The topological polar surface area (TPSA) is 99.3 Å². The first-order chi connectivity index (χ1) is 14.8. The van der Waals surface area contributed by atoms with E-state index in [1.165, 1.54) is 25.1 Å². The molecule has 0 bridgehead atoms. The van der Waals surface area contributed by atoms with Gasteiger partial charge in [-0.15, -0.1) is 0 Å². The lowest BCUT2D eigenvalue weighted by Gasteiger charge is -2.45. The van der Waals surface area contributed by atoms with Crippen LogP contribution in [0.2, 0.25) is 0 Å². The number of fused-ring (bicyclic) bond motifs is 3. The van der Waals surface area contributed by atoms with Gasteiger partial charge in [0.2, 0.25) is 21.8 Å². The molecule has 0 radical (unpaired) electrons. The Bertz CT molecular complexity index is 918. The van der Waals surface area contributed by atoms with Crippen LogP contribution in [0.4, 0.5) is 11.4 Å². The predicted octanol–water partition coefficient (Wildman–Crippen LogP) is 1.19. The van der Waals surface area contributed by atoms with Crippen molar-refractivity contribution in [1.29, 1.82) is 0 Å². The number of rotatable bonds is 9. The second-order valence-corrected chi connectivity index (χ2v) is 10.1. The van der Waals surface area contributed by atoms with Crippen LogP contribution >= 0.6 is 0 Å². The monoisotopic (exact) mass is 452 g/mol. The highest BCUT2D eigenvalue weighted by molar-refractivity contribution is 7.89. The van der Waals surface area contributed by atoms with Crippen LogP contribution in [0, 0.1) is 0 Å². The fraction of sp³-hybridized carbons (Fsp3) is 0.619. The number of anilines is 2. The van der Waals surface area contributed by atoms with Crippen molar-refractivity contribution in [2.75, 3.05) is 56.7 Å². The molecule has 2 amide bonds. The van der Waals surface area contributed by atoms with E-state index < -0.39 is 10.0 Å². The molecule has 172 valence electrons. The summed E-state index contributed by atoms with van der Waals surface area (Å²) >= 11 is 0. The first kappa shape index (κ1) is 23.5. The number of ether oxygens (including phenoxy) is 1. The number of sulfonamides is 1. The van der Waals surface area contributed by atoms with Gasteiger partial charge in [0.1, 0.15) is 12.6 Å². The molecule has 0 unspecified atom stereocenters. The van der Waals surface area contributed by atoms with Crippen molar-refractivity contribution < 1.29 is 22.7 Å². The van der Waals surface area contributed by atoms with Crippen LogP contribution in [0.15, 0.2) is 23.1 Å². The van der Waals surface area contributed by atoms with E-state index in [0.29, 0.717) is 31.9 Å². The summed E-state index contributed by atoms with van der Waals surface area (Å²) in [7, 11) is -0.737. The lowest BCUT2D eigenvalue weighted by atomic mass is 9.96. The number of hydrogen-bond donors (Lipinski definition) is 1. The molecule has 2 aliphatic heterocycles. The van der Waals surface area contributed by atoms with Crippen LogP contribution in [0.5, 0.6) is 0 Å². The highest BCUT2D eigenvalue weighted by Crippen LogP contribution is 2.40. The Morgan fingerprint density at radius 1 is 1.26 bits per heavy atom. The van der Waals surface area contributed by atoms with E-state index in [-0.39, 0.29) is 29.3 Å². The molecule has 1 aromatic rings. The largest absolute Gasteiger partial charge is 0.382 e. The predicted molar refractivity (Wildman–Crippen MR) is 119 cm³/mol. The van der Waals surface area contributed by atoms with Gasteiger partial charge in [0.15, 0.2) is 0 Å². The van der Waals surface area contributed by atoms with Gasteiger partial charge in [0.25, 0.3) is 0 Å². The third kappa shape index (κ3) is 5.02. The molecule has 1 saturated heterocycles. The highest BCUT2D eigenvalue weighted by atomic mass is 32.2. The van der Waals surface area contributed by atoms with Crippen molar-refractivity contribution in [2.24, 2.45) is 0 Å². The fourth-order valence-electron chi connectivity index (χ4n) is 4.02. The van der Waals surface area contributed by atoms with Crippen LogP contribution in [-0.2, 0) is 24.3 Å². The Balaban J connectivity index is 1.88. The Morgan fingerprint density at radius 2 is 2.03 bits per heavy atom. The van der Waals surface area contributed by atoms with Gasteiger partial charge >= 0.3 is 0 Å².